The summed E-state index contributed by atoms with van der Waals surface area (Å²) in [4.78, 5) is 31.5. The Bertz CT molecular complexity index is 3960. The Labute approximate surface area is 442 Å². The van der Waals surface area contributed by atoms with E-state index in [-0.39, 0.29) is 22.1 Å². The van der Waals surface area contributed by atoms with Crippen LogP contribution in [0.3, 0.4) is 0 Å². The number of rotatable bonds is 9. The zero-order valence-electron chi connectivity index (χ0n) is 43.5. The van der Waals surface area contributed by atoms with Crippen LogP contribution in [-0.4, -0.2) is 0 Å². The van der Waals surface area contributed by atoms with E-state index in [0.717, 1.165) is 88.7 Å². The van der Waals surface area contributed by atoms with E-state index in [1.54, 1.807) is 0 Å². The smallest absolute Gasteiger partial charge is 0.344 e. The van der Waals surface area contributed by atoms with E-state index in [1.165, 1.54) is 11.1 Å². The molecule has 0 aliphatic carbocycles. The molecule has 0 spiro atoms. The minimum Gasteiger partial charge on any atom is -0.422 e. The van der Waals surface area contributed by atoms with Crippen molar-refractivity contribution in [2.24, 2.45) is 0 Å². The molecule has 12 rings (SSSR count). The number of hydrogen-bond donors (Lipinski definition) is 0. The Kier molecular flexibility index (Phi) is 11.9. The van der Waals surface area contributed by atoms with Crippen molar-refractivity contribution < 1.29 is 8.83 Å². The maximum absolute atomic E-state index is 13.5. The van der Waals surface area contributed by atoms with Crippen LogP contribution in [0.1, 0.15) is 52.7 Å². The molecule has 0 saturated heterocycles. The summed E-state index contributed by atoms with van der Waals surface area (Å²) < 4.78 is 11.9. The second kappa shape index (κ2) is 18.9. The molecule has 0 unspecified atom stereocenters. The van der Waals surface area contributed by atoms with Crippen molar-refractivity contribution in [1.29, 1.82) is 0 Å². The van der Waals surface area contributed by atoms with Gasteiger partial charge in [0, 0.05) is 44.9 Å². The highest BCUT2D eigenvalue weighted by Crippen LogP contribution is 2.40. The van der Waals surface area contributed by atoms with E-state index in [2.05, 4.69) is 185 Å². The standard InChI is InChI=1S/C70H56N2O4/c1-69(2,3)51-27-37-59-49(41-51)25-39-65-63(59)43-61(67(73)75-65)47-21-33-57(34-22-47)71(53-13-9-7-10-14-53)55-29-17-45(18-30-55)46-19-31-56(32-20-46)72(54-15-11-8-12-16-54)58-35-23-48(24-36-58)62-44-64-60-38-28-52(70(4,5)6)42-50(60)26-40-66(64)76-68(62)74/h7-44H,1-6H3. The minimum atomic E-state index is -0.366. The fourth-order valence-corrected chi connectivity index (χ4v) is 10.4. The van der Waals surface area contributed by atoms with Crippen LogP contribution in [0.25, 0.3) is 76.9 Å². The highest BCUT2D eigenvalue weighted by Gasteiger charge is 2.20. The van der Waals surface area contributed by atoms with Crippen molar-refractivity contribution in [3.8, 4) is 33.4 Å². The molecule has 10 aromatic carbocycles. The molecule has 76 heavy (non-hydrogen) atoms. The highest BCUT2D eigenvalue weighted by molar-refractivity contribution is 6.08. The van der Waals surface area contributed by atoms with Crippen molar-refractivity contribution in [3.05, 3.63) is 262 Å². The Balaban J connectivity index is 0.821. The van der Waals surface area contributed by atoms with Crippen LogP contribution in [-0.2, 0) is 10.8 Å². The van der Waals surface area contributed by atoms with Gasteiger partial charge in [-0.2, -0.15) is 0 Å². The van der Waals surface area contributed by atoms with Crippen molar-refractivity contribution in [2.75, 3.05) is 9.80 Å². The van der Waals surface area contributed by atoms with Crippen LogP contribution in [0.4, 0.5) is 34.1 Å². The SMILES string of the molecule is CC(C)(C)c1ccc2c(ccc3oc(=O)c(-c4ccc(N(c5ccccc5)c5ccc(-c6ccc(N(c7ccccc7)c7ccc(-c8cc9c(ccc%10cc(C(C)(C)C)ccc%109)oc8=O)cc7)cc6)cc5)cc4)cc32)c1. The van der Waals surface area contributed by atoms with Gasteiger partial charge >= 0.3 is 11.3 Å². The maximum atomic E-state index is 13.5. The summed E-state index contributed by atoms with van der Waals surface area (Å²) in [6.07, 6.45) is 0. The van der Waals surface area contributed by atoms with Crippen LogP contribution in [0.5, 0.6) is 0 Å². The lowest BCUT2D eigenvalue weighted by Gasteiger charge is -2.26. The number of fused-ring (bicyclic) bond motifs is 6. The average Bonchev–Trinajstić information content (AvgIpc) is 3.47. The Morgan fingerprint density at radius 2 is 0.618 bits per heavy atom. The Morgan fingerprint density at radius 1 is 0.303 bits per heavy atom. The van der Waals surface area contributed by atoms with Gasteiger partial charge in [-0.25, -0.2) is 9.59 Å². The monoisotopic (exact) mass is 988 g/mol. The lowest BCUT2D eigenvalue weighted by Crippen LogP contribution is -2.10. The fourth-order valence-electron chi connectivity index (χ4n) is 10.4. The van der Waals surface area contributed by atoms with Crippen LogP contribution in [0.15, 0.2) is 249 Å². The van der Waals surface area contributed by atoms with Gasteiger partial charge in [-0.3, -0.25) is 0 Å². The van der Waals surface area contributed by atoms with Crippen LogP contribution < -0.4 is 21.1 Å². The number of nitrogens with zero attached hydrogens (tertiary/aromatic N) is 2. The summed E-state index contributed by atoms with van der Waals surface area (Å²) in [5.74, 6) is 0. The molecule has 0 aliphatic rings. The molecule has 0 saturated carbocycles. The van der Waals surface area contributed by atoms with Gasteiger partial charge in [0.1, 0.15) is 11.2 Å². The lowest BCUT2D eigenvalue weighted by molar-refractivity contribution is 0.563. The van der Waals surface area contributed by atoms with Crippen LogP contribution >= 0.6 is 0 Å². The van der Waals surface area contributed by atoms with Crippen molar-refractivity contribution in [3.63, 3.8) is 0 Å². The van der Waals surface area contributed by atoms with Gasteiger partial charge < -0.3 is 18.6 Å². The van der Waals surface area contributed by atoms with E-state index in [4.69, 9.17) is 8.83 Å². The summed E-state index contributed by atoms with van der Waals surface area (Å²) in [6.45, 7) is 13.3. The average molecular weight is 989 g/mol. The molecular weight excluding hydrogens is 933 g/mol. The molecule has 0 amide bonds. The lowest BCUT2D eigenvalue weighted by atomic mass is 9.85. The summed E-state index contributed by atoms with van der Waals surface area (Å²) in [6, 6.07) is 79.0. The third-order valence-corrected chi connectivity index (χ3v) is 14.7. The number of anilines is 6. The summed E-state index contributed by atoms with van der Waals surface area (Å²) >= 11 is 0. The van der Waals surface area contributed by atoms with Crippen LogP contribution in [0, 0.1) is 0 Å². The predicted octanol–water partition coefficient (Wildman–Crippen LogP) is 18.7. The fraction of sp³-hybridized carbons (Fsp3) is 0.114. The third kappa shape index (κ3) is 9.02. The largest absolute Gasteiger partial charge is 0.422 e. The molecule has 6 heteroatoms. The van der Waals surface area contributed by atoms with Gasteiger partial charge in [0.05, 0.1) is 11.1 Å². The summed E-state index contributed by atoms with van der Waals surface area (Å²) in [7, 11) is 0. The van der Waals surface area contributed by atoms with Gasteiger partial charge in [0.25, 0.3) is 0 Å². The predicted molar refractivity (Wildman–Crippen MR) is 317 cm³/mol. The van der Waals surface area contributed by atoms with Gasteiger partial charge in [-0.1, -0.05) is 175 Å². The van der Waals surface area contributed by atoms with E-state index in [0.29, 0.717) is 22.3 Å². The second-order valence-electron chi connectivity index (χ2n) is 21.8. The van der Waals surface area contributed by atoms with Crippen LogP contribution in [0.2, 0.25) is 0 Å². The van der Waals surface area contributed by atoms with Gasteiger partial charge in [-0.15, -0.1) is 0 Å². The normalized spacial score (nSPS) is 11.9. The Hall–Kier alpha value is -9.26. The molecule has 0 N–H and O–H groups in total. The molecule has 2 heterocycles. The Morgan fingerprint density at radius 3 is 0.947 bits per heavy atom. The van der Waals surface area contributed by atoms with Gasteiger partial charge in [0.2, 0.25) is 0 Å². The van der Waals surface area contributed by atoms with Crippen molar-refractivity contribution in [2.45, 2.75) is 52.4 Å². The first-order chi connectivity index (χ1) is 36.7. The maximum Gasteiger partial charge on any atom is 0.344 e. The molecule has 2 aromatic heterocycles. The second-order valence-corrected chi connectivity index (χ2v) is 21.8. The molecular formula is C70H56N2O4. The molecule has 0 fully saturated rings. The first-order valence-electron chi connectivity index (χ1n) is 25.9. The highest BCUT2D eigenvalue weighted by atomic mass is 16.4. The minimum absolute atomic E-state index is 0.0189. The van der Waals surface area contributed by atoms with E-state index in [1.807, 2.05) is 97.1 Å². The van der Waals surface area contributed by atoms with E-state index in [9.17, 15) is 9.59 Å². The van der Waals surface area contributed by atoms with E-state index < -0.39 is 0 Å². The van der Waals surface area contributed by atoms with Gasteiger partial charge in [-0.05, 0) is 163 Å². The first kappa shape index (κ1) is 47.7. The quantitative estimate of drug-likeness (QED) is 0.106. The first-order valence-corrected chi connectivity index (χ1v) is 25.9. The van der Waals surface area contributed by atoms with E-state index >= 15 is 0 Å². The summed E-state index contributed by atoms with van der Waals surface area (Å²) in [5.41, 5.74) is 13.7. The molecule has 0 atom stereocenters. The third-order valence-electron chi connectivity index (χ3n) is 14.7. The topological polar surface area (TPSA) is 66.9 Å². The van der Waals surface area contributed by atoms with Crippen molar-refractivity contribution in [1.82, 2.24) is 0 Å². The summed E-state index contributed by atoms with van der Waals surface area (Å²) in [5, 5.41) is 6.16. The molecule has 370 valence electrons. The number of benzene rings is 10. The number of para-hydroxylation sites is 2. The molecule has 0 aliphatic heterocycles. The number of hydrogen-bond acceptors (Lipinski definition) is 6. The molecule has 6 nitrogen and oxygen atoms in total. The zero-order chi connectivity index (χ0) is 52.3. The molecule has 0 radical (unpaired) electrons. The van der Waals surface area contributed by atoms with Gasteiger partial charge in [0.15, 0.2) is 0 Å². The van der Waals surface area contributed by atoms with Crippen molar-refractivity contribution >= 4 is 77.6 Å². The molecule has 0 bridgehead atoms. The zero-order valence-corrected chi connectivity index (χ0v) is 43.5. The molecule has 12 aromatic rings.